The van der Waals surface area contributed by atoms with Crippen molar-refractivity contribution in [1.82, 2.24) is 0 Å². The van der Waals surface area contributed by atoms with Crippen LogP contribution in [0.3, 0.4) is 0 Å². The van der Waals surface area contributed by atoms with Crippen LogP contribution in [0, 0.1) is 5.92 Å². The van der Waals surface area contributed by atoms with Gasteiger partial charge in [0.25, 0.3) is 0 Å². The summed E-state index contributed by atoms with van der Waals surface area (Å²) < 4.78 is 0. The van der Waals surface area contributed by atoms with Gasteiger partial charge in [-0.25, -0.2) is 0 Å². The maximum absolute atomic E-state index is 2.29. The average molecular weight is 202 g/mol. The highest BCUT2D eigenvalue weighted by molar-refractivity contribution is 5.73. The van der Waals surface area contributed by atoms with Crippen LogP contribution in [0.4, 0.5) is 0 Å². The molecule has 1 rings (SSSR count). The van der Waals surface area contributed by atoms with Crippen molar-refractivity contribution in [3.63, 3.8) is 0 Å². The molecule has 1 aromatic carbocycles. The first kappa shape index (κ1) is 13.7. The number of allylic oxidation sites excluding steroid dienone is 4. The summed E-state index contributed by atoms with van der Waals surface area (Å²) in [7, 11) is 0. The molecule has 0 heteroatoms. The third-order valence-electron chi connectivity index (χ3n) is 1.97. The molecule has 0 aliphatic carbocycles. The Morgan fingerprint density at radius 3 is 2.20 bits per heavy atom. The molecule has 0 nitrogen and oxygen atoms in total. The largest absolute Gasteiger partial charge is 0.0871 e. The highest BCUT2D eigenvalue weighted by Crippen LogP contribution is 2.17. The summed E-state index contributed by atoms with van der Waals surface area (Å²) in [6, 6.07) is 10.5. The summed E-state index contributed by atoms with van der Waals surface area (Å²) >= 11 is 0. The van der Waals surface area contributed by atoms with Crippen molar-refractivity contribution in [3.8, 4) is 0 Å². The lowest BCUT2D eigenvalue weighted by Gasteiger charge is -2.04. The second-order valence-corrected chi connectivity index (χ2v) is 3.73. The van der Waals surface area contributed by atoms with Crippen molar-refractivity contribution in [2.24, 2.45) is 5.92 Å². The summed E-state index contributed by atoms with van der Waals surface area (Å²) in [5, 5.41) is 0. The minimum absolute atomic E-state index is 0. The highest BCUT2D eigenvalue weighted by atomic mass is 14.0. The van der Waals surface area contributed by atoms with Crippen LogP contribution in [0.25, 0.3) is 5.57 Å². The van der Waals surface area contributed by atoms with E-state index in [-0.39, 0.29) is 7.43 Å². The van der Waals surface area contributed by atoms with Crippen molar-refractivity contribution in [1.29, 1.82) is 0 Å². The van der Waals surface area contributed by atoms with Gasteiger partial charge in [-0.2, -0.15) is 0 Å². The summed E-state index contributed by atoms with van der Waals surface area (Å²) in [5.74, 6) is 0.585. The predicted octanol–water partition coefficient (Wildman–Crippen LogP) is 4.94. The standard InChI is InChI=1S/C14H18.CH4/c1-4-8-14(11-12(2)3)13-9-6-5-7-10-13;/h4-12H,1-3H3;1H4/b8-4-,14-11+;. The van der Waals surface area contributed by atoms with Crippen LogP contribution in [-0.4, -0.2) is 0 Å². The Balaban J connectivity index is 0.00000196. The van der Waals surface area contributed by atoms with Crippen LogP contribution in [0.15, 0.2) is 48.6 Å². The van der Waals surface area contributed by atoms with Gasteiger partial charge in [-0.1, -0.05) is 69.8 Å². The first-order valence-corrected chi connectivity index (χ1v) is 5.14. The summed E-state index contributed by atoms with van der Waals surface area (Å²) in [6.07, 6.45) is 6.53. The molecule has 82 valence electrons. The lowest BCUT2D eigenvalue weighted by atomic mass is 10.0. The Bertz CT molecular complexity index is 315. The average Bonchev–Trinajstić information content (AvgIpc) is 2.18. The smallest absolute Gasteiger partial charge is 0.0187 e. The normalized spacial score (nSPS) is 11.9. The molecule has 0 saturated heterocycles. The SMILES string of the molecule is C.C/C=C\C(=C/C(C)C)c1ccccc1. The van der Waals surface area contributed by atoms with Gasteiger partial charge >= 0.3 is 0 Å². The molecule has 0 spiro atoms. The van der Waals surface area contributed by atoms with Gasteiger partial charge in [0.1, 0.15) is 0 Å². The Labute approximate surface area is 94.3 Å². The van der Waals surface area contributed by atoms with Crippen LogP contribution in [0.1, 0.15) is 33.8 Å². The van der Waals surface area contributed by atoms with Crippen LogP contribution in [0.2, 0.25) is 0 Å². The lowest BCUT2D eigenvalue weighted by molar-refractivity contribution is 0.834. The van der Waals surface area contributed by atoms with Crippen molar-refractivity contribution < 1.29 is 0 Å². The van der Waals surface area contributed by atoms with Gasteiger partial charge in [-0.05, 0) is 24.0 Å². The molecular formula is C15H22. The summed E-state index contributed by atoms with van der Waals surface area (Å²) in [4.78, 5) is 0. The van der Waals surface area contributed by atoms with E-state index in [2.05, 4.69) is 63.3 Å². The minimum Gasteiger partial charge on any atom is -0.0871 e. The second kappa shape index (κ2) is 7.05. The summed E-state index contributed by atoms with van der Waals surface area (Å²) in [6.45, 7) is 6.45. The quantitative estimate of drug-likeness (QED) is 0.609. The number of hydrogen-bond donors (Lipinski definition) is 0. The van der Waals surface area contributed by atoms with Gasteiger partial charge in [0.2, 0.25) is 0 Å². The number of rotatable bonds is 3. The van der Waals surface area contributed by atoms with Gasteiger partial charge in [-0.15, -0.1) is 0 Å². The van der Waals surface area contributed by atoms with Crippen LogP contribution >= 0.6 is 0 Å². The highest BCUT2D eigenvalue weighted by Gasteiger charge is 1.97. The molecular weight excluding hydrogens is 180 g/mol. The summed E-state index contributed by atoms with van der Waals surface area (Å²) in [5.41, 5.74) is 2.60. The molecule has 0 saturated carbocycles. The van der Waals surface area contributed by atoms with Gasteiger partial charge in [0.05, 0.1) is 0 Å². The van der Waals surface area contributed by atoms with E-state index in [4.69, 9.17) is 0 Å². The Morgan fingerprint density at radius 2 is 1.73 bits per heavy atom. The van der Waals surface area contributed by atoms with Crippen molar-refractivity contribution in [2.45, 2.75) is 28.2 Å². The fourth-order valence-electron chi connectivity index (χ4n) is 1.42. The Hall–Kier alpha value is -1.30. The zero-order chi connectivity index (χ0) is 10.4. The lowest BCUT2D eigenvalue weighted by Crippen LogP contribution is -1.85. The molecule has 0 bridgehead atoms. The molecule has 0 heterocycles. The van der Waals surface area contributed by atoms with E-state index in [1.807, 2.05) is 6.07 Å². The van der Waals surface area contributed by atoms with Crippen LogP contribution in [-0.2, 0) is 0 Å². The maximum atomic E-state index is 2.29. The van der Waals surface area contributed by atoms with Gasteiger partial charge < -0.3 is 0 Å². The van der Waals surface area contributed by atoms with E-state index in [0.29, 0.717) is 5.92 Å². The maximum Gasteiger partial charge on any atom is -0.0187 e. The van der Waals surface area contributed by atoms with E-state index in [1.165, 1.54) is 11.1 Å². The van der Waals surface area contributed by atoms with E-state index in [0.717, 1.165) is 0 Å². The van der Waals surface area contributed by atoms with Crippen molar-refractivity contribution >= 4 is 5.57 Å². The molecule has 0 aliphatic rings. The second-order valence-electron chi connectivity index (χ2n) is 3.73. The van der Waals surface area contributed by atoms with Crippen molar-refractivity contribution in [3.05, 3.63) is 54.1 Å². The van der Waals surface area contributed by atoms with E-state index in [9.17, 15) is 0 Å². The first-order valence-electron chi connectivity index (χ1n) is 5.14. The van der Waals surface area contributed by atoms with E-state index in [1.54, 1.807) is 0 Å². The predicted molar refractivity (Wildman–Crippen MR) is 70.8 cm³/mol. The molecule has 0 fully saturated rings. The molecule has 0 amide bonds. The molecule has 0 aliphatic heterocycles. The molecule has 1 aromatic rings. The number of benzene rings is 1. The van der Waals surface area contributed by atoms with Crippen molar-refractivity contribution in [2.75, 3.05) is 0 Å². The molecule has 0 aromatic heterocycles. The topological polar surface area (TPSA) is 0 Å². The van der Waals surface area contributed by atoms with Gasteiger partial charge in [0.15, 0.2) is 0 Å². The van der Waals surface area contributed by atoms with E-state index < -0.39 is 0 Å². The zero-order valence-electron chi connectivity index (χ0n) is 9.20. The third kappa shape index (κ3) is 4.64. The van der Waals surface area contributed by atoms with Gasteiger partial charge in [0, 0.05) is 0 Å². The molecule has 0 atom stereocenters. The first-order chi connectivity index (χ1) is 6.74. The molecule has 0 radical (unpaired) electrons. The third-order valence-corrected chi connectivity index (χ3v) is 1.97. The monoisotopic (exact) mass is 202 g/mol. The van der Waals surface area contributed by atoms with Gasteiger partial charge in [-0.3, -0.25) is 0 Å². The molecule has 0 N–H and O–H groups in total. The van der Waals surface area contributed by atoms with E-state index >= 15 is 0 Å². The Morgan fingerprint density at radius 1 is 1.13 bits per heavy atom. The molecule has 0 unspecified atom stereocenters. The van der Waals surface area contributed by atoms with Crippen LogP contribution < -0.4 is 0 Å². The fourth-order valence-corrected chi connectivity index (χ4v) is 1.42. The zero-order valence-corrected chi connectivity index (χ0v) is 9.20. The number of hydrogen-bond acceptors (Lipinski definition) is 0. The Kier molecular flexibility index (Phi) is 6.44. The van der Waals surface area contributed by atoms with Crippen LogP contribution in [0.5, 0.6) is 0 Å². The minimum atomic E-state index is 0. The molecule has 15 heavy (non-hydrogen) atoms. The fraction of sp³-hybridized carbons (Fsp3) is 0.333.